The van der Waals surface area contributed by atoms with Crippen molar-refractivity contribution in [2.45, 2.75) is 24.7 Å². The summed E-state index contributed by atoms with van der Waals surface area (Å²) in [5.74, 6) is 0.958. The minimum atomic E-state index is -0.466. The van der Waals surface area contributed by atoms with Gasteiger partial charge < -0.3 is 24.1 Å². The molecule has 1 spiro atoms. The number of benzene rings is 1. The monoisotopic (exact) mass is 432 g/mol. The lowest BCUT2D eigenvalue weighted by Crippen LogP contribution is -2.46. The molecule has 0 radical (unpaired) electrons. The normalized spacial score (nSPS) is 20.1. The Balaban J connectivity index is 1.54. The quantitative estimate of drug-likeness (QED) is 0.658. The van der Waals surface area contributed by atoms with E-state index in [4.69, 9.17) is 18.9 Å². The maximum absolute atomic E-state index is 10.9. The molecule has 2 fully saturated rings. The van der Waals surface area contributed by atoms with Gasteiger partial charge in [0, 0.05) is 25.9 Å². The summed E-state index contributed by atoms with van der Waals surface area (Å²) in [5.41, 5.74) is 0.997. The number of methoxy groups -OCH3 is 2. The topological polar surface area (TPSA) is 90.6 Å². The second kappa shape index (κ2) is 7.69. The summed E-state index contributed by atoms with van der Waals surface area (Å²) in [7, 11) is 3.24. The molecule has 3 aromatic rings. The highest BCUT2D eigenvalue weighted by Gasteiger charge is 2.42. The van der Waals surface area contributed by atoms with E-state index in [1.807, 2.05) is 18.2 Å². The standard InChI is InChI=1S/C20H24N4O5S/c1-26-14-4-3-13(11-15(14)27-2)16(17-18(25)24-19(30-17)21-12-22-24)23-7-5-20(6-8-23)28-9-10-29-20/h3-4,11-12,16,25H,5-10H2,1-2H3/t16-/m1/s1. The molecule has 160 valence electrons. The first kappa shape index (κ1) is 19.6. The van der Waals surface area contributed by atoms with Crippen molar-refractivity contribution in [2.75, 3.05) is 40.5 Å². The van der Waals surface area contributed by atoms with E-state index < -0.39 is 5.79 Å². The molecule has 0 unspecified atom stereocenters. The van der Waals surface area contributed by atoms with Gasteiger partial charge in [-0.25, -0.2) is 4.98 Å². The molecule has 0 aliphatic carbocycles. The average molecular weight is 433 g/mol. The highest BCUT2D eigenvalue weighted by Crippen LogP contribution is 2.44. The number of aromatic hydroxyl groups is 1. The molecule has 30 heavy (non-hydrogen) atoms. The number of rotatable bonds is 5. The number of aromatic nitrogens is 3. The number of thiazole rings is 1. The Kier molecular flexibility index (Phi) is 5.02. The molecule has 0 amide bonds. The fourth-order valence-corrected chi connectivity index (χ4v) is 5.42. The number of ether oxygens (including phenoxy) is 4. The van der Waals surface area contributed by atoms with Crippen molar-refractivity contribution >= 4 is 16.3 Å². The molecule has 1 N–H and O–H groups in total. The van der Waals surface area contributed by atoms with Gasteiger partial charge in [0.1, 0.15) is 6.33 Å². The molecule has 9 nitrogen and oxygen atoms in total. The molecule has 1 aromatic carbocycles. The molecule has 10 heteroatoms. The summed E-state index contributed by atoms with van der Waals surface area (Å²) in [5, 5.41) is 15.1. The van der Waals surface area contributed by atoms with Crippen molar-refractivity contribution in [1.29, 1.82) is 0 Å². The van der Waals surface area contributed by atoms with Gasteiger partial charge in [0.15, 0.2) is 17.3 Å². The van der Waals surface area contributed by atoms with Crippen LogP contribution in [0.3, 0.4) is 0 Å². The van der Waals surface area contributed by atoms with Crippen molar-refractivity contribution in [1.82, 2.24) is 19.5 Å². The van der Waals surface area contributed by atoms with Crippen LogP contribution in [0.25, 0.3) is 4.96 Å². The van der Waals surface area contributed by atoms with Crippen LogP contribution in [0.15, 0.2) is 24.5 Å². The lowest BCUT2D eigenvalue weighted by Gasteiger charge is -2.41. The molecule has 2 aromatic heterocycles. The number of hydrogen-bond acceptors (Lipinski definition) is 9. The molecular weight excluding hydrogens is 408 g/mol. The largest absolute Gasteiger partial charge is 0.493 e. The summed E-state index contributed by atoms with van der Waals surface area (Å²) in [4.78, 5) is 8.03. The van der Waals surface area contributed by atoms with Crippen molar-refractivity contribution in [2.24, 2.45) is 0 Å². The van der Waals surface area contributed by atoms with E-state index in [1.54, 1.807) is 14.2 Å². The minimum absolute atomic E-state index is 0.112. The van der Waals surface area contributed by atoms with E-state index in [0.29, 0.717) is 29.7 Å². The number of piperidine rings is 1. The predicted molar refractivity (Wildman–Crippen MR) is 109 cm³/mol. The maximum Gasteiger partial charge on any atom is 0.230 e. The third-order valence-electron chi connectivity index (χ3n) is 5.85. The van der Waals surface area contributed by atoms with Crippen molar-refractivity contribution in [3.63, 3.8) is 0 Å². The van der Waals surface area contributed by atoms with E-state index in [0.717, 1.165) is 36.4 Å². The van der Waals surface area contributed by atoms with Gasteiger partial charge in [-0.2, -0.15) is 9.61 Å². The van der Waals surface area contributed by atoms with Crippen LogP contribution in [-0.2, 0) is 9.47 Å². The highest BCUT2D eigenvalue weighted by atomic mass is 32.1. The predicted octanol–water partition coefficient (Wildman–Crippen LogP) is 2.44. The lowest BCUT2D eigenvalue weighted by molar-refractivity contribution is -0.187. The summed E-state index contributed by atoms with van der Waals surface area (Å²) in [6.07, 6.45) is 3.00. The third kappa shape index (κ3) is 3.20. The second-order valence-electron chi connectivity index (χ2n) is 7.40. The Bertz CT molecular complexity index is 1040. The molecule has 2 saturated heterocycles. The minimum Gasteiger partial charge on any atom is -0.493 e. The van der Waals surface area contributed by atoms with Crippen LogP contribution in [0.1, 0.15) is 29.3 Å². The van der Waals surface area contributed by atoms with Crippen LogP contribution in [0, 0.1) is 0 Å². The number of likely N-dealkylation sites (tertiary alicyclic amines) is 1. The van der Waals surface area contributed by atoms with Crippen LogP contribution < -0.4 is 9.47 Å². The summed E-state index contributed by atoms with van der Waals surface area (Å²) >= 11 is 1.44. The summed E-state index contributed by atoms with van der Waals surface area (Å²) < 4.78 is 24.2. The van der Waals surface area contributed by atoms with E-state index >= 15 is 0 Å². The zero-order valence-electron chi connectivity index (χ0n) is 16.9. The highest BCUT2D eigenvalue weighted by molar-refractivity contribution is 7.17. The molecule has 4 heterocycles. The Morgan fingerprint density at radius 2 is 1.87 bits per heavy atom. The summed E-state index contributed by atoms with van der Waals surface area (Å²) in [6.45, 7) is 2.83. The molecule has 5 rings (SSSR count). The van der Waals surface area contributed by atoms with E-state index in [2.05, 4.69) is 15.0 Å². The Labute approximate surface area is 177 Å². The molecular formula is C20H24N4O5S. The van der Waals surface area contributed by atoms with Crippen LogP contribution in [0.5, 0.6) is 17.4 Å². The Hall–Kier alpha value is -2.40. The average Bonchev–Trinajstić information content (AvgIpc) is 3.49. The van der Waals surface area contributed by atoms with Crippen LogP contribution in [-0.4, -0.2) is 70.9 Å². The zero-order chi connectivity index (χ0) is 20.7. The van der Waals surface area contributed by atoms with Gasteiger partial charge >= 0.3 is 0 Å². The fraction of sp³-hybridized carbons (Fsp3) is 0.500. The van der Waals surface area contributed by atoms with Gasteiger partial charge in [-0.15, -0.1) is 0 Å². The van der Waals surface area contributed by atoms with Crippen molar-refractivity contribution in [3.05, 3.63) is 35.0 Å². The molecule has 0 saturated carbocycles. The van der Waals surface area contributed by atoms with Crippen molar-refractivity contribution in [3.8, 4) is 17.4 Å². The zero-order valence-corrected chi connectivity index (χ0v) is 17.7. The number of hydrogen-bond donors (Lipinski definition) is 1. The molecule has 1 atom stereocenters. The van der Waals surface area contributed by atoms with Gasteiger partial charge in [-0.05, 0) is 17.7 Å². The second-order valence-corrected chi connectivity index (χ2v) is 8.41. The van der Waals surface area contributed by atoms with Crippen LogP contribution >= 0.6 is 11.3 Å². The van der Waals surface area contributed by atoms with E-state index in [-0.39, 0.29) is 11.9 Å². The van der Waals surface area contributed by atoms with Crippen LogP contribution in [0.2, 0.25) is 0 Å². The molecule has 0 bridgehead atoms. The Morgan fingerprint density at radius 1 is 1.13 bits per heavy atom. The SMILES string of the molecule is COc1ccc([C@H](c2sc3ncnn3c2O)N2CCC3(CC2)OCCO3)cc1OC. The van der Waals surface area contributed by atoms with Gasteiger partial charge in [0.2, 0.25) is 10.8 Å². The van der Waals surface area contributed by atoms with Gasteiger partial charge in [0.25, 0.3) is 0 Å². The van der Waals surface area contributed by atoms with E-state index in [9.17, 15) is 5.11 Å². The number of fused-ring (bicyclic) bond motifs is 1. The Morgan fingerprint density at radius 3 is 2.53 bits per heavy atom. The van der Waals surface area contributed by atoms with Crippen molar-refractivity contribution < 1.29 is 24.1 Å². The van der Waals surface area contributed by atoms with Gasteiger partial charge in [-0.3, -0.25) is 4.90 Å². The molecule has 2 aliphatic rings. The lowest BCUT2D eigenvalue weighted by atomic mass is 9.97. The first-order valence-electron chi connectivity index (χ1n) is 9.89. The summed E-state index contributed by atoms with van der Waals surface area (Å²) in [6, 6.07) is 5.68. The van der Waals surface area contributed by atoms with Gasteiger partial charge in [0.05, 0.1) is 38.4 Å². The first-order chi connectivity index (χ1) is 14.6. The third-order valence-corrected chi connectivity index (χ3v) is 6.94. The number of nitrogens with zero attached hydrogens (tertiary/aromatic N) is 4. The smallest absolute Gasteiger partial charge is 0.230 e. The van der Waals surface area contributed by atoms with E-state index in [1.165, 1.54) is 22.2 Å². The maximum atomic E-state index is 10.9. The van der Waals surface area contributed by atoms with Crippen LogP contribution in [0.4, 0.5) is 0 Å². The first-order valence-corrected chi connectivity index (χ1v) is 10.7. The molecule has 2 aliphatic heterocycles. The fourth-order valence-electron chi connectivity index (χ4n) is 4.33. The van der Waals surface area contributed by atoms with Gasteiger partial charge in [-0.1, -0.05) is 17.4 Å².